The molecule has 1 aromatic heterocycles. The summed E-state index contributed by atoms with van der Waals surface area (Å²) in [6.07, 6.45) is 1.86. The number of anilines is 1. The molecule has 4 rings (SSSR count). The molecule has 7 heteroatoms. The number of hydrogen-bond acceptors (Lipinski definition) is 3. The molecule has 3 N–H and O–H groups in total. The molecule has 0 saturated heterocycles. The van der Waals surface area contributed by atoms with Gasteiger partial charge in [0.05, 0.1) is 5.56 Å². The third-order valence-corrected chi connectivity index (χ3v) is 5.40. The zero-order valence-corrected chi connectivity index (χ0v) is 16.5. The Morgan fingerprint density at radius 2 is 2.07 bits per heavy atom. The minimum atomic E-state index is -0.379. The monoisotopic (exact) mass is 439 g/mol. The van der Waals surface area contributed by atoms with Crippen molar-refractivity contribution in [1.82, 2.24) is 9.88 Å². The van der Waals surface area contributed by atoms with Crippen LogP contribution < -0.4 is 5.32 Å². The van der Waals surface area contributed by atoms with Gasteiger partial charge in [-0.2, -0.15) is 0 Å². The largest absolute Gasteiger partial charge is 0.507 e. The topological polar surface area (TPSA) is 85.4 Å². The first-order valence-electron chi connectivity index (χ1n) is 8.81. The van der Waals surface area contributed by atoms with E-state index in [4.69, 9.17) is 0 Å². The summed E-state index contributed by atoms with van der Waals surface area (Å²) in [5.74, 6) is -0.771. The highest BCUT2D eigenvalue weighted by Gasteiger charge is 2.26. The molecular weight excluding hydrogens is 422 g/mol. The molecule has 0 saturated carbocycles. The predicted molar refractivity (Wildman–Crippen MR) is 111 cm³/mol. The summed E-state index contributed by atoms with van der Waals surface area (Å²) in [5, 5.41) is 13.9. The molecule has 2 heterocycles. The fraction of sp³-hybridized carbons (Fsp3) is 0.143. The lowest BCUT2D eigenvalue weighted by Gasteiger charge is -2.27. The first-order chi connectivity index (χ1) is 13.5. The number of benzene rings is 2. The lowest BCUT2D eigenvalue weighted by Crippen LogP contribution is -2.35. The van der Waals surface area contributed by atoms with Crippen molar-refractivity contribution >= 4 is 44.3 Å². The highest BCUT2D eigenvalue weighted by Crippen LogP contribution is 2.31. The summed E-state index contributed by atoms with van der Waals surface area (Å²) < 4.78 is 0.980. The number of aromatic amines is 1. The van der Waals surface area contributed by atoms with Crippen LogP contribution >= 0.6 is 15.9 Å². The van der Waals surface area contributed by atoms with E-state index < -0.39 is 0 Å². The van der Waals surface area contributed by atoms with Crippen molar-refractivity contribution in [1.29, 1.82) is 0 Å². The van der Waals surface area contributed by atoms with Gasteiger partial charge in [-0.15, -0.1) is 0 Å². The van der Waals surface area contributed by atoms with E-state index in [1.54, 1.807) is 11.0 Å². The molecule has 2 amide bonds. The van der Waals surface area contributed by atoms with Gasteiger partial charge in [0, 0.05) is 51.8 Å². The van der Waals surface area contributed by atoms with Gasteiger partial charge in [0.15, 0.2) is 0 Å². The molecule has 0 unspecified atom stereocenters. The van der Waals surface area contributed by atoms with Gasteiger partial charge in [-0.05, 0) is 42.5 Å². The van der Waals surface area contributed by atoms with E-state index in [1.807, 2.05) is 18.2 Å². The minimum Gasteiger partial charge on any atom is -0.507 e. The van der Waals surface area contributed by atoms with Crippen molar-refractivity contribution in [3.8, 4) is 5.75 Å². The van der Waals surface area contributed by atoms with Gasteiger partial charge in [0.2, 0.25) is 5.91 Å². The normalized spacial score (nSPS) is 13.2. The number of fused-ring (bicyclic) bond motifs is 3. The van der Waals surface area contributed by atoms with Crippen LogP contribution in [-0.2, 0) is 17.8 Å². The van der Waals surface area contributed by atoms with Crippen LogP contribution in [0, 0.1) is 0 Å². The van der Waals surface area contributed by atoms with Crippen LogP contribution in [0.4, 0.5) is 5.69 Å². The van der Waals surface area contributed by atoms with Crippen LogP contribution in [0.15, 0.2) is 53.5 Å². The van der Waals surface area contributed by atoms with E-state index in [0.717, 1.165) is 32.7 Å². The maximum Gasteiger partial charge on any atom is 0.258 e. The second-order valence-corrected chi connectivity index (χ2v) is 7.59. The number of phenolic OH excluding ortho intramolecular Hbond substituents is 1. The number of rotatable bonds is 3. The molecule has 1 aliphatic heterocycles. The fourth-order valence-corrected chi connectivity index (χ4v) is 3.87. The Hall–Kier alpha value is -3.06. The van der Waals surface area contributed by atoms with Crippen molar-refractivity contribution in [2.45, 2.75) is 13.0 Å². The second-order valence-electron chi connectivity index (χ2n) is 6.67. The van der Waals surface area contributed by atoms with Gasteiger partial charge >= 0.3 is 0 Å². The van der Waals surface area contributed by atoms with Crippen molar-refractivity contribution in [3.63, 3.8) is 0 Å². The van der Waals surface area contributed by atoms with Crippen LogP contribution in [0.1, 0.15) is 21.6 Å². The third kappa shape index (κ3) is 3.29. The van der Waals surface area contributed by atoms with Crippen LogP contribution in [0.5, 0.6) is 5.75 Å². The van der Waals surface area contributed by atoms with E-state index in [0.29, 0.717) is 25.2 Å². The molecule has 0 radical (unpaired) electrons. The molecule has 0 bridgehead atoms. The van der Waals surface area contributed by atoms with Crippen LogP contribution in [0.3, 0.4) is 0 Å². The summed E-state index contributed by atoms with van der Waals surface area (Å²) >= 11 is 3.50. The highest BCUT2D eigenvalue weighted by atomic mass is 79.9. The molecular formula is C21H18BrN3O3. The Labute approximate surface area is 170 Å². The maximum absolute atomic E-state index is 13.1. The lowest BCUT2D eigenvalue weighted by atomic mass is 10.0. The standard InChI is InChI=1S/C21H18BrN3O3/c1-2-20(27)23-13-4-6-19(26)15(10-13)21(28)25-8-7-18-16(11-25)14-9-12(22)3-5-17(14)24-18/h2-6,9-10,24,26H,1,7-8,11H2,(H,23,27). The number of carbonyl (C=O) groups excluding carboxylic acids is 2. The summed E-state index contributed by atoms with van der Waals surface area (Å²) in [6, 6.07) is 10.5. The second kappa shape index (κ2) is 7.16. The molecule has 2 aromatic carbocycles. The van der Waals surface area contributed by atoms with Crippen molar-refractivity contribution in [2.75, 3.05) is 11.9 Å². The fourth-order valence-electron chi connectivity index (χ4n) is 3.51. The predicted octanol–water partition coefficient (Wildman–Crippen LogP) is 3.96. The van der Waals surface area contributed by atoms with Crippen LogP contribution in [-0.4, -0.2) is 33.3 Å². The van der Waals surface area contributed by atoms with E-state index in [1.165, 1.54) is 12.1 Å². The number of nitrogens with zero attached hydrogens (tertiary/aromatic N) is 1. The number of hydrogen-bond donors (Lipinski definition) is 3. The van der Waals surface area contributed by atoms with Crippen molar-refractivity contribution < 1.29 is 14.7 Å². The summed E-state index contributed by atoms with van der Waals surface area (Å²) in [6.45, 7) is 4.41. The van der Waals surface area contributed by atoms with Crippen LogP contribution in [0.2, 0.25) is 0 Å². The molecule has 0 fully saturated rings. The van der Waals surface area contributed by atoms with Crippen molar-refractivity contribution in [3.05, 3.63) is 70.3 Å². The third-order valence-electron chi connectivity index (χ3n) is 4.90. The molecule has 3 aromatic rings. The SMILES string of the molecule is C=CC(=O)Nc1ccc(O)c(C(=O)N2CCc3[nH]c4ccc(Br)cc4c3C2)c1. The van der Waals surface area contributed by atoms with Gasteiger partial charge in [-0.1, -0.05) is 22.5 Å². The lowest BCUT2D eigenvalue weighted by molar-refractivity contribution is -0.111. The number of H-pyrrole nitrogens is 1. The Kier molecular flexibility index (Phi) is 4.68. The molecule has 0 spiro atoms. The minimum absolute atomic E-state index is 0.117. The Bertz CT molecular complexity index is 1120. The van der Waals surface area contributed by atoms with Gasteiger partial charge in [-0.3, -0.25) is 9.59 Å². The average Bonchev–Trinajstić information content (AvgIpc) is 3.05. The van der Waals surface area contributed by atoms with Crippen LogP contribution in [0.25, 0.3) is 10.9 Å². The van der Waals surface area contributed by atoms with Crippen molar-refractivity contribution in [2.24, 2.45) is 0 Å². The molecule has 0 atom stereocenters. The number of phenols is 1. The number of aromatic hydroxyl groups is 1. The number of amides is 2. The number of aromatic nitrogens is 1. The average molecular weight is 440 g/mol. The first kappa shape index (κ1) is 18.3. The van der Waals surface area contributed by atoms with E-state index in [-0.39, 0.29) is 23.1 Å². The summed E-state index contributed by atoms with van der Waals surface area (Å²) in [7, 11) is 0. The zero-order chi connectivity index (χ0) is 19.8. The highest BCUT2D eigenvalue weighted by molar-refractivity contribution is 9.10. The van der Waals surface area contributed by atoms with E-state index >= 15 is 0 Å². The van der Waals surface area contributed by atoms with Gasteiger partial charge < -0.3 is 20.3 Å². The molecule has 28 heavy (non-hydrogen) atoms. The molecule has 6 nitrogen and oxygen atoms in total. The number of carbonyl (C=O) groups is 2. The van der Waals surface area contributed by atoms with Gasteiger partial charge in [0.25, 0.3) is 5.91 Å². The van der Waals surface area contributed by atoms with E-state index in [2.05, 4.69) is 32.8 Å². The first-order valence-corrected chi connectivity index (χ1v) is 9.60. The quantitative estimate of drug-likeness (QED) is 0.426. The smallest absolute Gasteiger partial charge is 0.258 e. The zero-order valence-electron chi connectivity index (χ0n) is 15.0. The Balaban J connectivity index is 1.64. The van der Waals surface area contributed by atoms with Gasteiger partial charge in [0.1, 0.15) is 5.75 Å². The summed E-state index contributed by atoms with van der Waals surface area (Å²) in [4.78, 5) is 29.7. The Morgan fingerprint density at radius 3 is 2.86 bits per heavy atom. The molecule has 142 valence electrons. The molecule has 1 aliphatic rings. The molecule has 0 aliphatic carbocycles. The van der Waals surface area contributed by atoms with Gasteiger partial charge in [-0.25, -0.2) is 0 Å². The Morgan fingerprint density at radius 1 is 1.25 bits per heavy atom. The summed E-state index contributed by atoms with van der Waals surface area (Å²) in [5.41, 5.74) is 3.85. The number of nitrogens with one attached hydrogen (secondary N) is 2. The number of halogens is 1. The maximum atomic E-state index is 13.1. The van der Waals surface area contributed by atoms with E-state index in [9.17, 15) is 14.7 Å².